The number of carbonyl (C=O) groups is 1. The van der Waals surface area contributed by atoms with Crippen LogP contribution >= 0.6 is 11.8 Å². The Hall–Kier alpha value is -3.00. The highest BCUT2D eigenvalue weighted by Gasteiger charge is 2.16. The molecule has 0 N–H and O–H groups in total. The molecule has 0 atom stereocenters. The maximum absolute atomic E-state index is 12.7. The van der Waals surface area contributed by atoms with E-state index in [9.17, 15) is 4.79 Å². The van der Waals surface area contributed by atoms with Crippen molar-refractivity contribution >= 4 is 17.7 Å². The number of amides is 1. The number of methoxy groups -OCH3 is 2. The van der Waals surface area contributed by atoms with Gasteiger partial charge in [-0.2, -0.15) is 0 Å². The second kappa shape index (κ2) is 9.47. The molecule has 0 unspecified atom stereocenters. The molecule has 2 aromatic carbocycles. The first-order valence-corrected chi connectivity index (χ1v) is 10.1. The smallest absolute Gasteiger partial charge is 0.233 e. The molecule has 0 spiro atoms. The molecular weight excluding hydrogens is 388 g/mol. The Balaban J connectivity index is 1.65. The van der Waals surface area contributed by atoms with Crippen LogP contribution in [-0.4, -0.2) is 52.6 Å². The zero-order valence-corrected chi connectivity index (χ0v) is 17.8. The lowest BCUT2D eigenvalue weighted by Crippen LogP contribution is -2.28. The van der Waals surface area contributed by atoms with Gasteiger partial charge < -0.3 is 14.4 Å². The zero-order valence-electron chi connectivity index (χ0n) is 17.0. The molecule has 1 heterocycles. The average molecular weight is 413 g/mol. The number of carbonyl (C=O) groups excluding carboxylic acids is 1. The molecule has 152 valence electrons. The number of benzene rings is 2. The van der Waals surface area contributed by atoms with Crippen molar-refractivity contribution in [2.75, 3.05) is 27.0 Å². The Morgan fingerprint density at radius 2 is 1.83 bits per heavy atom. The number of hydrogen-bond acceptors (Lipinski definition) is 6. The largest absolute Gasteiger partial charge is 0.493 e. The number of ether oxygens (including phenoxy) is 2. The van der Waals surface area contributed by atoms with Crippen molar-refractivity contribution in [2.45, 2.75) is 18.6 Å². The van der Waals surface area contributed by atoms with Gasteiger partial charge >= 0.3 is 0 Å². The molecule has 1 aromatic heterocycles. The molecule has 3 rings (SSSR count). The number of nitrogens with zero attached hydrogens (tertiary/aromatic N) is 4. The van der Waals surface area contributed by atoms with Gasteiger partial charge in [0.25, 0.3) is 0 Å². The fourth-order valence-corrected chi connectivity index (χ4v) is 3.73. The molecule has 0 bridgehead atoms. The minimum atomic E-state index is 0.00629. The number of para-hydroxylation sites is 1. The number of thioether (sulfide) groups is 1. The van der Waals surface area contributed by atoms with Gasteiger partial charge in [0, 0.05) is 19.3 Å². The third-order valence-corrected chi connectivity index (χ3v) is 5.48. The molecule has 29 heavy (non-hydrogen) atoms. The van der Waals surface area contributed by atoms with Crippen molar-refractivity contribution in [3.63, 3.8) is 0 Å². The summed E-state index contributed by atoms with van der Waals surface area (Å²) in [7, 11) is 5.00. The van der Waals surface area contributed by atoms with Crippen molar-refractivity contribution in [3.05, 3.63) is 59.9 Å². The lowest BCUT2D eigenvalue weighted by Gasteiger charge is -2.20. The first-order chi connectivity index (χ1) is 14.0. The van der Waals surface area contributed by atoms with E-state index in [-0.39, 0.29) is 11.7 Å². The van der Waals surface area contributed by atoms with Crippen LogP contribution in [0, 0.1) is 6.92 Å². The first-order valence-electron chi connectivity index (χ1n) is 9.07. The van der Waals surface area contributed by atoms with E-state index >= 15 is 0 Å². The molecule has 8 heteroatoms. The molecular formula is C21H24N4O3S. The summed E-state index contributed by atoms with van der Waals surface area (Å²) in [4.78, 5) is 14.4. The lowest BCUT2D eigenvalue weighted by molar-refractivity contribution is -0.127. The van der Waals surface area contributed by atoms with Gasteiger partial charge in [-0.15, -0.1) is 10.2 Å². The summed E-state index contributed by atoms with van der Waals surface area (Å²) in [5.41, 5.74) is 3.01. The van der Waals surface area contributed by atoms with Gasteiger partial charge in [0.2, 0.25) is 5.91 Å². The second-order valence-electron chi connectivity index (χ2n) is 6.49. The molecule has 0 aliphatic carbocycles. The molecule has 0 saturated heterocycles. The Morgan fingerprint density at radius 3 is 2.52 bits per heavy atom. The average Bonchev–Trinajstić information content (AvgIpc) is 3.22. The molecule has 3 aromatic rings. The van der Waals surface area contributed by atoms with Crippen LogP contribution in [-0.2, 0) is 11.3 Å². The third kappa shape index (κ3) is 4.89. The Kier molecular flexibility index (Phi) is 6.77. The molecule has 1 amide bonds. The number of rotatable bonds is 8. The van der Waals surface area contributed by atoms with E-state index < -0.39 is 0 Å². The lowest BCUT2D eigenvalue weighted by atomic mass is 10.1. The summed E-state index contributed by atoms with van der Waals surface area (Å²) >= 11 is 1.37. The minimum Gasteiger partial charge on any atom is -0.493 e. The summed E-state index contributed by atoms with van der Waals surface area (Å²) < 4.78 is 12.6. The van der Waals surface area contributed by atoms with Crippen LogP contribution in [0.4, 0.5) is 0 Å². The fraction of sp³-hybridized carbons (Fsp3) is 0.286. The number of aryl methyl sites for hydroxylation is 1. The topological polar surface area (TPSA) is 69.5 Å². The minimum absolute atomic E-state index is 0.00629. The highest BCUT2D eigenvalue weighted by molar-refractivity contribution is 7.99. The van der Waals surface area contributed by atoms with Crippen molar-refractivity contribution in [1.29, 1.82) is 0 Å². The van der Waals surface area contributed by atoms with Gasteiger partial charge in [0.15, 0.2) is 16.7 Å². The van der Waals surface area contributed by atoms with E-state index in [4.69, 9.17) is 9.47 Å². The van der Waals surface area contributed by atoms with Crippen LogP contribution in [0.5, 0.6) is 11.5 Å². The summed E-state index contributed by atoms with van der Waals surface area (Å²) in [5.74, 6) is 1.61. The molecule has 0 aliphatic heterocycles. The second-order valence-corrected chi connectivity index (χ2v) is 7.43. The zero-order chi connectivity index (χ0) is 20.8. The molecule has 0 aliphatic rings. The van der Waals surface area contributed by atoms with E-state index in [1.54, 1.807) is 32.5 Å². The number of hydrogen-bond donors (Lipinski definition) is 0. The van der Waals surface area contributed by atoms with Gasteiger partial charge in [-0.3, -0.25) is 9.36 Å². The quantitative estimate of drug-likeness (QED) is 0.529. The van der Waals surface area contributed by atoms with Crippen LogP contribution in [0.2, 0.25) is 0 Å². The van der Waals surface area contributed by atoms with E-state index in [1.165, 1.54) is 11.8 Å². The highest BCUT2D eigenvalue weighted by Crippen LogP contribution is 2.31. The normalized spacial score (nSPS) is 10.6. The molecule has 0 fully saturated rings. The molecule has 0 radical (unpaired) electrons. The maximum atomic E-state index is 12.7. The van der Waals surface area contributed by atoms with Crippen LogP contribution in [0.15, 0.2) is 53.9 Å². The van der Waals surface area contributed by atoms with Crippen LogP contribution in [0.25, 0.3) is 5.69 Å². The van der Waals surface area contributed by atoms with Crippen LogP contribution < -0.4 is 9.47 Å². The molecule has 7 nitrogen and oxygen atoms in total. The van der Waals surface area contributed by atoms with Crippen LogP contribution in [0.3, 0.4) is 0 Å². The summed E-state index contributed by atoms with van der Waals surface area (Å²) in [5, 5.41) is 8.80. The van der Waals surface area contributed by atoms with E-state index in [2.05, 4.69) is 10.2 Å². The predicted molar refractivity (Wildman–Crippen MR) is 113 cm³/mol. The first kappa shape index (κ1) is 20.7. The van der Waals surface area contributed by atoms with Gasteiger partial charge in [-0.1, -0.05) is 30.0 Å². The van der Waals surface area contributed by atoms with Crippen molar-refractivity contribution < 1.29 is 14.3 Å². The summed E-state index contributed by atoms with van der Waals surface area (Å²) in [6.07, 6.45) is 1.65. The predicted octanol–water partition coefficient (Wildman–Crippen LogP) is 3.34. The summed E-state index contributed by atoms with van der Waals surface area (Å²) in [6.45, 7) is 2.48. The Bertz CT molecular complexity index is 975. The van der Waals surface area contributed by atoms with E-state index in [0.29, 0.717) is 23.2 Å². The van der Waals surface area contributed by atoms with Crippen molar-refractivity contribution in [3.8, 4) is 17.2 Å². The fourth-order valence-electron chi connectivity index (χ4n) is 2.86. The van der Waals surface area contributed by atoms with E-state index in [0.717, 1.165) is 16.8 Å². The standard InChI is InChI=1S/C21H24N4O3S/c1-15-10-18(27-3)19(28-4)11-16(15)12-24(2)20(26)13-29-21-23-22-14-25(21)17-8-6-5-7-9-17/h5-11,14H,12-13H2,1-4H3. The van der Waals surface area contributed by atoms with Crippen molar-refractivity contribution in [2.24, 2.45) is 0 Å². The Morgan fingerprint density at radius 1 is 1.14 bits per heavy atom. The van der Waals surface area contributed by atoms with Gasteiger partial charge in [-0.25, -0.2) is 0 Å². The highest BCUT2D eigenvalue weighted by atomic mass is 32.2. The molecule has 0 saturated carbocycles. The summed E-state index contributed by atoms with van der Waals surface area (Å²) in [6, 6.07) is 13.6. The Labute approximate surface area is 174 Å². The van der Waals surface area contributed by atoms with Gasteiger partial charge in [0.05, 0.1) is 20.0 Å². The SMILES string of the molecule is COc1cc(C)c(CN(C)C(=O)CSc2nncn2-c2ccccc2)cc1OC. The van der Waals surface area contributed by atoms with Crippen molar-refractivity contribution in [1.82, 2.24) is 19.7 Å². The van der Waals surface area contributed by atoms with Crippen LogP contribution in [0.1, 0.15) is 11.1 Å². The third-order valence-electron chi connectivity index (χ3n) is 4.55. The number of aromatic nitrogens is 3. The monoisotopic (exact) mass is 412 g/mol. The van der Waals surface area contributed by atoms with E-state index in [1.807, 2.05) is 54.0 Å². The maximum Gasteiger partial charge on any atom is 0.233 e. The van der Waals surface area contributed by atoms with Gasteiger partial charge in [0.1, 0.15) is 6.33 Å². The van der Waals surface area contributed by atoms with Gasteiger partial charge in [-0.05, 0) is 42.3 Å².